The Hall–Kier alpha value is -3.83. The summed E-state index contributed by atoms with van der Waals surface area (Å²) in [5, 5.41) is 20.6. The molecule has 0 aliphatic carbocycles. The number of likely N-dealkylation sites (tertiary alicyclic amines) is 1. The van der Waals surface area contributed by atoms with Crippen LogP contribution in [0.15, 0.2) is 30.6 Å². The van der Waals surface area contributed by atoms with E-state index in [0.717, 1.165) is 22.2 Å². The van der Waals surface area contributed by atoms with Crippen molar-refractivity contribution in [1.82, 2.24) is 29.6 Å². The minimum absolute atomic E-state index is 0.0903. The van der Waals surface area contributed by atoms with Crippen molar-refractivity contribution in [1.29, 1.82) is 0 Å². The van der Waals surface area contributed by atoms with Crippen molar-refractivity contribution >= 4 is 34.3 Å². The topological polar surface area (TPSA) is 124 Å². The first-order valence-corrected chi connectivity index (χ1v) is 11.4. The quantitative estimate of drug-likeness (QED) is 0.336. The van der Waals surface area contributed by atoms with Crippen LogP contribution in [0.5, 0.6) is 0 Å². The van der Waals surface area contributed by atoms with E-state index in [-0.39, 0.29) is 18.1 Å². The molecule has 10 nitrogen and oxygen atoms in total. The highest BCUT2D eigenvalue weighted by Gasteiger charge is 2.23. The summed E-state index contributed by atoms with van der Waals surface area (Å²) < 4.78 is 16.5. The lowest BCUT2D eigenvalue weighted by atomic mass is 10.1. The van der Waals surface area contributed by atoms with E-state index in [1.165, 1.54) is 6.07 Å². The molecule has 4 N–H and O–H groups in total. The minimum atomic E-state index is -0.534. The molecule has 0 radical (unpaired) electrons. The highest BCUT2D eigenvalue weighted by atomic mass is 19.1. The van der Waals surface area contributed by atoms with Gasteiger partial charge in [0.2, 0.25) is 11.9 Å². The maximum Gasteiger partial charge on any atom is 0.238 e. The summed E-state index contributed by atoms with van der Waals surface area (Å²) >= 11 is 0. The smallest absolute Gasteiger partial charge is 0.238 e. The molecular weight excluding hydrogens is 451 g/mol. The number of H-pyrrole nitrogens is 1. The largest absolute Gasteiger partial charge is 0.392 e. The van der Waals surface area contributed by atoms with Crippen molar-refractivity contribution in [3.05, 3.63) is 47.7 Å². The van der Waals surface area contributed by atoms with Crippen LogP contribution in [0.4, 0.5) is 21.8 Å². The Morgan fingerprint density at radius 2 is 2.17 bits per heavy atom. The number of nitrogens with zero attached hydrogens (tertiary/aromatic N) is 5. The lowest BCUT2D eigenvalue weighted by molar-refractivity contribution is -0.117. The van der Waals surface area contributed by atoms with Crippen LogP contribution < -0.4 is 10.6 Å². The molecule has 1 aliphatic heterocycles. The van der Waals surface area contributed by atoms with E-state index in [0.29, 0.717) is 42.5 Å². The highest BCUT2D eigenvalue weighted by Crippen LogP contribution is 2.35. The lowest BCUT2D eigenvalue weighted by Crippen LogP contribution is -2.32. The summed E-state index contributed by atoms with van der Waals surface area (Å²) in [6.45, 7) is 5.02. The van der Waals surface area contributed by atoms with E-state index in [1.54, 1.807) is 23.1 Å². The Morgan fingerprint density at radius 1 is 1.34 bits per heavy atom. The molecule has 1 aliphatic rings. The average molecular weight is 479 g/mol. The van der Waals surface area contributed by atoms with Crippen LogP contribution in [0.3, 0.4) is 0 Å². The SMILES string of the molecule is Cc1cnc(Nc2cc(C)n(C)n2)nc1-c1c[nH]c2c(NC(=O)CN3CCC(O)C3)c(F)ccc12. The number of anilines is 3. The van der Waals surface area contributed by atoms with Gasteiger partial charge in [0.1, 0.15) is 11.5 Å². The molecule has 3 aromatic heterocycles. The van der Waals surface area contributed by atoms with Crippen molar-refractivity contribution in [2.24, 2.45) is 7.05 Å². The molecule has 1 amide bonds. The zero-order chi connectivity index (χ0) is 24.7. The summed E-state index contributed by atoms with van der Waals surface area (Å²) in [5.41, 5.74) is 3.84. The molecule has 1 fully saturated rings. The van der Waals surface area contributed by atoms with E-state index in [2.05, 4.69) is 30.7 Å². The van der Waals surface area contributed by atoms with Gasteiger partial charge in [0, 0.05) is 55.2 Å². The van der Waals surface area contributed by atoms with Gasteiger partial charge in [-0.05, 0) is 38.0 Å². The van der Waals surface area contributed by atoms with Gasteiger partial charge in [0.25, 0.3) is 0 Å². The molecule has 1 aromatic carbocycles. The monoisotopic (exact) mass is 478 g/mol. The number of halogens is 1. The molecule has 0 spiro atoms. The summed E-state index contributed by atoms with van der Waals surface area (Å²) in [6, 6.07) is 4.90. The summed E-state index contributed by atoms with van der Waals surface area (Å²) in [5.74, 6) is 0.155. The van der Waals surface area contributed by atoms with Crippen LogP contribution in [-0.4, -0.2) is 66.4 Å². The number of hydrogen-bond donors (Lipinski definition) is 4. The molecule has 4 aromatic rings. The minimum Gasteiger partial charge on any atom is -0.392 e. The molecular formula is C24H27FN8O2. The number of carbonyl (C=O) groups is 1. The number of aliphatic hydroxyl groups excluding tert-OH is 1. The van der Waals surface area contributed by atoms with Crippen molar-refractivity contribution in [2.75, 3.05) is 30.3 Å². The van der Waals surface area contributed by atoms with Gasteiger partial charge in [-0.25, -0.2) is 14.4 Å². The van der Waals surface area contributed by atoms with E-state index in [1.807, 2.05) is 31.9 Å². The van der Waals surface area contributed by atoms with Crippen LogP contribution >= 0.6 is 0 Å². The number of carbonyl (C=O) groups excluding carboxylic acids is 1. The Kier molecular flexibility index (Phi) is 5.95. The maximum atomic E-state index is 14.8. The predicted octanol–water partition coefficient (Wildman–Crippen LogP) is 2.86. The molecule has 5 rings (SSSR count). The molecule has 1 saturated heterocycles. The van der Waals surface area contributed by atoms with Crippen LogP contribution in [0.1, 0.15) is 17.7 Å². The van der Waals surface area contributed by atoms with E-state index >= 15 is 0 Å². The zero-order valence-electron chi connectivity index (χ0n) is 19.8. The second-order valence-electron chi connectivity index (χ2n) is 8.92. The second-order valence-corrected chi connectivity index (χ2v) is 8.92. The third kappa shape index (κ3) is 4.60. The molecule has 0 saturated carbocycles. The highest BCUT2D eigenvalue weighted by molar-refractivity contribution is 6.06. The number of amides is 1. The van der Waals surface area contributed by atoms with Gasteiger partial charge in [0.15, 0.2) is 5.82 Å². The number of β-amino-alcohol motifs (C(OH)–C–C–N with tert-alkyl or cyclic N) is 1. The third-order valence-corrected chi connectivity index (χ3v) is 6.27. The van der Waals surface area contributed by atoms with Crippen molar-refractivity contribution in [2.45, 2.75) is 26.4 Å². The molecule has 182 valence electrons. The number of aryl methyl sites for hydroxylation is 3. The number of aromatic nitrogens is 5. The molecule has 1 unspecified atom stereocenters. The fourth-order valence-corrected chi connectivity index (χ4v) is 4.34. The first kappa shape index (κ1) is 22.9. The van der Waals surface area contributed by atoms with Crippen LogP contribution in [0.25, 0.3) is 22.2 Å². The third-order valence-electron chi connectivity index (χ3n) is 6.27. The number of aliphatic hydroxyl groups is 1. The lowest BCUT2D eigenvalue weighted by Gasteiger charge is -2.15. The van der Waals surface area contributed by atoms with Gasteiger partial charge in [-0.1, -0.05) is 0 Å². The molecule has 1 atom stereocenters. The van der Waals surface area contributed by atoms with E-state index in [4.69, 9.17) is 0 Å². The molecule has 4 heterocycles. The van der Waals surface area contributed by atoms with E-state index < -0.39 is 11.9 Å². The van der Waals surface area contributed by atoms with Crippen molar-refractivity contribution in [3.63, 3.8) is 0 Å². The van der Waals surface area contributed by atoms with Gasteiger partial charge in [-0.15, -0.1) is 0 Å². The average Bonchev–Trinajstić information content (AvgIpc) is 3.50. The van der Waals surface area contributed by atoms with Crippen molar-refractivity contribution in [3.8, 4) is 11.3 Å². The predicted molar refractivity (Wildman–Crippen MR) is 131 cm³/mol. The normalized spacial score (nSPS) is 16.2. The number of aromatic amines is 1. The Morgan fingerprint density at radius 3 is 2.89 bits per heavy atom. The fourth-order valence-electron chi connectivity index (χ4n) is 4.34. The Balaban J connectivity index is 1.44. The standard InChI is InChI=1S/C24H27FN8O2/c1-13-9-27-24(28-19-8-14(2)32(3)31-19)30-21(13)17-10-26-22-16(17)4-5-18(25)23(22)29-20(35)12-33-7-6-15(34)11-33/h4-5,8-10,15,26,34H,6-7,11-12H2,1-3H3,(H,29,35)(H,27,28,30,31). The number of nitrogens with one attached hydrogen (secondary N) is 3. The Bertz CT molecular complexity index is 1390. The maximum absolute atomic E-state index is 14.8. The zero-order valence-corrected chi connectivity index (χ0v) is 19.8. The summed E-state index contributed by atoms with van der Waals surface area (Å²) in [6.07, 6.45) is 3.68. The summed E-state index contributed by atoms with van der Waals surface area (Å²) in [7, 11) is 1.86. The fraction of sp³-hybridized carbons (Fsp3) is 0.333. The number of fused-ring (bicyclic) bond motifs is 1. The molecule has 35 heavy (non-hydrogen) atoms. The first-order valence-electron chi connectivity index (χ1n) is 11.4. The number of rotatable bonds is 6. The number of hydrogen-bond acceptors (Lipinski definition) is 7. The van der Waals surface area contributed by atoms with Crippen LogP contribution in [-0.2, 0) is 11.8 Å². The van der Waals surface area contributed by atoms with Crippen molar-refractivity contribution < 1.29 is 14.3 Å². The number of benzene rings is 1. The Labute approximate surface area is 201 Å². The van der Waals surface area contributed by atoms with Crippen LogP contribution in [0, 0.1) is 19.7 Å². The summed E-state index contributed by atoms with van der Waals surface area (Å²) in [4.78, 5) is 26.6. The van der Waals surface area contributed by atoms with Gasteiger partial charge in [-0.3, -0.25) is 14.4 Å². The van der Waals surface area contributed by atoms with Gasteiger partial charge < -0.3 is 20.7 Å². The second kappa shape index (κ2) is 9.08. The van der Waals surface area contributed by atoms with E-state index in [9.17, 15) is 14.3 Å². The van der Waals surface area contributed by atoms with Gasteiger partial charge in [0.05, 0.1) is 23.9 Å². The molecule has 11 heteroatoms. The van der Waals surface area contributed by atoms with Gasteiger partial charge in [-0.2, -0.15) is 5.10 Å². The van der Waals surface area contributed by atoms with Crippen LogP contribution in [0.2, 0.25) is 0 Å². The van der Waals surface area contributed by atoms with Gasteiger partial charge >= 0.3 is 0 Å². The first-order chi connectivity index (χ1) is 16.8. The molecule has 0 bridgehead atoms.